The number of rotatable bonds is 6. The number of H-pyrrole nitrogens is 1. The predicted octanol–water partition coefficient (Wildman–Crippen LogP) is 1.58. The highest BCUT2D eigenvalue weighted by molar-refractivity contribution is 7.89. The summed E-state index contributed by atoms with van der Waals surface area (Å²) in [5.74, 6) is 0.793. The summed E-state index contributed by atoms with van der Waals surface area (Å²) in [4.78, 5) is 0. The summed E-state index contributed by atoms with van der Waals surface area (Å²) in [6, 6.07) is 0. The third-order valence-electron chi connectivity index (χ3n) is 3.85. The minimum Gasteiger partial charge on any atom is -0.313 e. The minimum absolute atomic E-state index is 0.243. The Labute approximate surface area is 127 Å². The maximum atomic E-state index is 12.8. The highest BCUT2D eigenvalue weighted by Gasteiger charge is 2.33. The summed E-state index contributed by atoms with van der Waals surface area (Å²) in [7, 11) is -3.48. The van der Waals surface area contributed by atoms with E-state index in [-0.39, 0.29) is 5.03 Å². The van der Waals surface area contributed by atoms with Crippen molar-refractivity contribution in [3.63, 3.8) is 0 Å². The summed E-state index contributed by atoms with van der Waals surface area (Å²) < 4.78 is 27.2. The smallest absolute Gasteiger partial charge is 0.260 e. The van der Waals surface area contributed by atoms with Crippen LogP contribution in [-0.4, -0.2) is 42.6 Å². The molecule has 1 aromatic heterocycles. The van der Waals surface area contributed by atoms with Crippen molar-refractivity contribution in [3.05, 3.63) is 11.8 Å². The van der Waals surface area contributed by atoms with Gasteiger partial charge in [-0.25, -0.2) is 8.42 Å². The number of piperidine rings is 1. The Morgan fingerprint density at radius 1 is 1.38 bits per heavy atom. The third-order valence-corrected chi connectivity index (χ3v) is 5.70. The average Bonchev–Trinajstić information content (AvgIpc) is 2.87. The van der Waals surface area contributed by atoms with Crippen LogP contribution in [0.3, 0.4) is 0 Å². The molecule has 2 rings (SSSR count). The zero-order valence-corrected chi connectivity index (χ0v) is 13.9. The van der Waals surface area contributed by atoms with Gasteiger partial charge in [0.2, 0.25) is 0 Å². The molecule has 21 heavy (non-hydrogen) atoms. The molecule has 1 aliphatic heterocycles. The topological polar surface area (TPSA) is 78.1 Å². The van der Waals surface area contributed by atoms with E-state index in [0.717, 1.165) is 19.4 Å². The van der Waals surface area contributed by atoms with Gasteiger partial charge in [-0.15, -0.1) is 0 Å². The summed E-state index contributed by atoms with van der Waals surface area (Å²) >= 11 is 0. The van der Waals surface area contributed by atoms with Gasteiger partial charge in [0.15, 0.2) is 5.03 Å². The van der Waals surface area contributed by atoms with Crippen molar-refractivity contribution in [2.24, 2.45) is 11.8 Å². The molecule has 0 bridgehead atoms. The number of sulfonamides is 1. The molecule has 1 aromatic rings. The first-order valence-electron chi connectivity index (χ1n) is 7.68. The van der Waals surface area contributed by atoms with Crippen LogP contribution in [-0.2, 0) is 16.6 Å². The molecule has 0 amide bonds. The number of nitrogens with zero attached hydrogens (tertiary/aromatic N) is 2. The molecule has 0 aliphatic carbocycles. The zero-order valence-electron chi connectivity index (χ0n) is 13.1. The van der Waals surface area contributed by atoms with Gasteiger partial charge in [0.25, 0.3) is 10.0 Å². The molecule has 0 radical (unpaired) electrons. The van der Waals surface area contributed by atoms with Crippen LogP contribution in [0.2, 0.25) is 0 Å². The van der Waals surface area contributed by atoms with E-state index in [1.807, 2.05) is 0 Å². The lowest BCUT2D eigenvalue weighted by Gasteiger charge is -2.33. The highest BCUT2D eigenvalue weighted by atomic mass is 32.2. The normalized spacial score (nSPS) is 24.3. The second-order valence-corrected chi connectivity index (χ2v) is 8.04. The first kappa shape index (κ1) is 16.5. The van der Waals surface area contributed by atoms with Crippen LogP contribution < -0.4 is 5.32 Å². The van der Waals surface area contributed by atoms with Gasteiger partial charge in [-0.1, -0.05) is 20.8 Å². The summed E-state index contributed by atoms with van der Waals surface area (Å²) in [5.41, 5.74) is 0.717. The zero-order chi connectivity index (χ0) is 15.5. The van der Waals surface area contributed by atoms with Gasteiger partial charge >= 0.3 is 0 Å². The molecule has 7 heteroatoms. The molecule has 2 heterocycles. The molecule has 0 aromatic carbocycles. The fourth-order valence-electron chi connectivity index (χ4n) is 2.98. The highest BCUT2D eigenvalue weighted by Crippen LogP contribution is 2.27. The summed E-state index contributed by atoms with van der Waals surface area (Å²) in [6.07, 6.45) is 3.70. The van der Waals surface area contributed by atoms with Crippen molar-refractivity contribution in [1.82, 2.24) is 19.8 Å². The van der Waals surface area contributed by atoms with Crippen molar-refractivity contribution >= 4 is 10.0 Å². The summed E-state index contributed by atoms with van der Waals surface area (Å²) in [6.45, 7) is 8.86. The lowest BCUT2D eigenvalue weighted by molar-refractivity contribution is 0.222. The first-order chi connectivity index (χ1) is 9.95. The monoisotopic (exact) mass is 314 g/mol. The van der Waals surface area contributed by atoms with Gasteiger partial charge in [0.1, 0.15) is 0 Å². The van der Waals surface area contributed by atoms with Gasteiger partial charge in [0.05, 0.1) is 6.20 Å². The molecule has 2 unspecified atom stereocenters. The van der Waals surface area contributed by atoms with Crippen LogP contribution in [0.25, 0.3) is 0 Å². The number of hydrogen-bond donors (Lipinski definition) is 2. The Balaban J connectivity index is 2.17. The van der Waals surface area contributed by atoms with Crippen molar-refractivity contribution in [2.45, 2.75) is 45.2 Å². The standard InChI is InChI=1S/C14H26N4O2S/c1-4-5-15-7-13-8-16-17-14(13)21(19,20)18-9-11(2)6-12(3)10-18/h8,11-12,15H,4-7,9-10H2,1-3H3,(H,16,17). The molecule has 0 saturated carbocycles. The Morgan fingerprint density at radius 2 is 2.05 bits per heavy atom. The lowest BCUT2D eigenvalue weighted by Crippen LogP contribution is -2.43. The van der Waals surface area contributed by atoms with Crippen LogP contribution in [0.15, 0.2) is 11.2 Å². The van der Waals surface area contributed by atoms with Crippen LogP contribution in [0.1, 0.15) is 39.2 Å². The fraction of sp³-hybridized carbons (Fsp3) is 0.786. The minimum atomic E-state index is -3.48. The van der Waals surface area contributed by atoms with Gasteiger partial charge in [-0.3, -0.25) is 5.10 Å². The third kappa shape index (κ3) is 3.84. The second kappa shape index (κ2) is 6.89. The van der Waals surface area contributed by atoms with Crippen molar-refractivity contribution in [1.29, 1.82) is 0 Å². The van der Waals surface area contributed by atoms with E-state index in [2.05, 4.69) is 36.3 Å². The van der Waals surface area contributed by atoms with Crippen molar-refractivity contribution in [2.75, 3.05) is 19.6 Å². The lowest BCUT2D eigenvalue weighted by atomic mass is 9.94. The molecule has 1 aliphatic rings. The molecular formula is C14H26N4O2S. The summed E-state index contributed by atoms with van der Waals surface area (Å²) in [5, 5.41) is 10.1. The largest absolute Gasteiger partial charge is 0.313 e. The Bertz CT molecular complexity index is 545. The molecule has 2 N–H and O–H groups in total. The van der Waals surface area contributed by atoms with Crippen molar-refractivity contribution in [3.8, 4) is 0 Å². The van der Waals surface area contributed by atoms with Crippen LogP contribution in [0.4, 0.5) is 0 Å². The Hall–Kier alpha value is -0.920. The van der Waals surface area contributed by atoms with E-state index in [0.29, 0.717) is 37.0 Å². The quantitative estimate of drug-likeness (QED) is 0.781. The second-order valence-electron chi connectivity index (χ2n) is 6.17. The molecule has 2 atom stereocenters. The van der Waals surface area contributed by atoms with E-state index < -0.39 is 10.0 Å². The van der Waals surface area contributed by atoms with E-state index in [1.165, 1.54) is 0 Å². The number of hydrogen-bond acceptors (Lipinski definition) is 4. The predicted molar refractivity (Wildman–Crippen MR) is 82.3 cm³/mol. The number of aromatic amines is 1. The first-order valence-corrected chi connectivity index (χ1v) is 9.12. The molecular weight excluding hydrogens is 288 g/mol. The molecule has 1 saturated heterocycles. The van der Waals surface area contributed by atoms with E-state index in [9.17, 15) is 8.42 Å². The maximum absolute atomic E-state index is 12.8. The Kier molecular flexibility index (Phi) is 5.40. The van der Waals surface area contributed by atoms with Gasteiger partial charge in [-0.2, -0.15) is 9.40 Å². The van der Waals surface area contributed by atoms with E-state index in [1.54, 1.807) is 10.5 Å². The van der Waals surface area contributed by atoms with Crippen molar-refractivity contribution < 1.29 is 8.42 Å². The molecule has 0 spiro atoms. The fourth-order valence-corrected chi connectivity index (χ4v) is 4.76. The van der Waals surface area contributed by atoms with Gasteiger partial charge in [0, 0.05) is 25.2 Å². The van der Waals surface area contributed by atoms with Gasteiger partial charge in [-0.05, 0) is 31.2 Å². The maximum Gasteiger partial charge on any atom is 0.260 e. The van der Waals surface area contributed by atoms with E-state index >= 15 is 0 Å². The number of nitrogens with one attached hydrogen (secondary N) is 2. The molecule has 1 fully saturated rings. The molecule has 6 nitrogen and oxygen atoms in total. The van der Waals surface area contributed by atoms with Gasteiger partial charge < -0.3 is 5.32 Å². The Morgan fingerprint density at radius 3 is 2.67 bits per heavy atom. The van der Waals surface area contributed by atoms with Crippen LogP contribution in [0.5, 0.6) is 0 Å². The average molecular weight is 314 g/mol. The van der Waals surface area contributed by atoms with E-state index in [4.69, 9.17) is 0 Å². The molecule has 120 valence electrons. The number of aromatic nitrogens is 2. The van der Waals surface area contributed by atoms with Crippen LogP contribution in [0, 0.1) is 11.8 Å². The van der Waals surface area contributed by atoms with Crippen LogP contribution >= 0.6 is 0 Å². The SMILES string of the molecule is CCCNCc1cn[nH]c1S(=O)(=O)N1CC(C)CC(C)C1.